The highest BCUT2D eigenvalue weighted by Gasteiger charge is 2.46. The number of imidazole rings is 1. The van der Waals surface area contributed by atoms with Crippen LogP contribution in [-0.2, 0) is 14.0 Å². The number of fused-ring (bicyclic) bond motifs is 1. The van der Waals surface area contributed by atoms with Crippen LogP contribution in [0, 0.1) is 6.92 Å². The topological polar surface area (TPSA) is 225 Å². The maximum atomic E-state index is 11.8. The molecule has 1 unspecified atom stereocenters. The molecule has 4 heterocycles. The van der Waals surface area contributed by atoms with E-state index in [1.807, 2.05) is 0 Å². The van der Waals surface area contributed by atoms with E-state index in [0.29, 0.717) is 0 Å². The molecule has 0 radical (unpaired) electrons. The Balaban J connectivity index is 1.55. The molecule has 5 atom stereocenters. The van der Waals surface area contributed by atoms with E-state index < -0.39 is 50.5 Å². The Hall–Kier alpha value is -2.23. The van der Waals surface area contributed by atoms with E-state index in [1.54, 1.807) is 0 Å². The standard InChI is InChI=1S/C14H17ClN7O8P/c1-4-20-21-11(29-4)13(31(25,26)27)28-2-5-7(23)8(24)12(30-5)22-3-17-6-9(16)18-14(15)19-10(6)22/h3,5,7-8,12-13,23-24H,2H2,1H3,(H2,16,18,19)(H2,25,26,27)/t5-,7+,8+,12-,13?/m1/s1. The van der Waals surface area contributed by atoms with Gasteiger partial charge in [0.1, 0.15) is 23.8 Å². The number of aryl methyl sites for hydroxylation is 1. The van der Waals surface area contributed by atoms with E-state index in [2.05, 4.69) is 25.1 Å². The Morgan fingerprint density at radius 3 is 2.71 bits per heavy atom. The Labute approximate surface area is 178 Å². The van der Waals surface area contributed by atoms with Crippen LogP contribution < -0.4 is 5.73 Å². The van der Waals surface area contributed by atoms with E-state index in [4.69, 9.17) is 31.2 Å². The minimum Gasteiger partial charge on any atom is -0.422 e. The average molecular weight is 478 g/mol. The third-order valence-electron chi connectivity index (χ3n) is 4.51. The van der Waals surface area contributed by atoms with E-state index in [0.717, 1.165) is 0 Å². The number of nitrogens with two attached hydrogens (primary N) is 1. The monoisotopic (exact) mass is 477 g/mol. The first-order valence-corrected chi connectivity index (χ1v) is 10.8. The maximum absolute atomic E-state index is 11.8. The molecule has 1 fully saturated rings. The zero-order chi connectivity index (χ0) is 22.5. The van der Waals surface area contributed by atoms with E-state index >= 15 is 0 Å². The summed E-state index contributed by atoms with van der Waals surface area (Å²) in [6, 6.07) is 0. The molecule has 0 amide bonds. The van der Waals surface area contributed by atoms with Gasteiger partial charge in [0, 0.05) is 6.92 Å². The second kappa shape index (κ2) is 8.03. The van der Waals surface area contributed by atoms with Gasteiger partial charge in [0.25, 0.3) is 5.89 Å². The summed E-state index contributed by atoms with van der Waals surface area (Å²) in [5.41, 5.74) is 6.13. The maximum Gasteiger partial charge on any atom is 0.363 e. The van der Waals surface area contributed by atoms with Crippen molar-refractivity contribution in [3.05, 3.63) is 23.4 Å². The molecule has 0 saturated carbocycles. The molecule has 1 aliphatic heterocycles. The molecule has 17 heteroatoms. The van der Waals surface area contributed by atoms with Crippen molar-refractivity contribution in [1.82, 2.24) is 29.7 Å². The van der Waals surface area contributed by atoms with Crippen LogP contribution in [0.5, 0.6) is 0 Å². The van der Waals surface area contributed by atoms with Crippen molar-refractivity contribution in [3.8, 4) is 0 Å². The number of aliphatic hydroxyl groups is 2. The molecule has 6 N–H and O–H groups in total. The smallest absolute Gasteiger partial charge is 0.363 e. The lowest BCUT2D eigenvalue weighted by Crippen LogP contribution is -2.34. The lowest BCUT2D eigenvalue weighted by atomic mass is 10.1. The number of ether oxygens (including phenoxy) is 2. The van der Waals surface area contributed by atoms with Crippen molar-refractivity contribution in [2.24, 2.45) is 0 Å². The summed E-state index contributed by atoms with van der Waals surface area (Å²) < 4.78 is 29.0. The van der Waals surface area contributed by atoms with Crippen molar-refractivity contribution >= 4 is 36.2 Å². The van der Waals surface area contributed by atoms with Gasteiger partial charge in [0.15, 0.2) is 17.7 Å². The molecule has 4 rings (SSSR count). The van der Waals surface area contributed by atoms with Crippen molar-refractivity contribution < 1.29 is 38.5 Å². The zero-order valence-corrected chi connectivity index (χ0v) is 17.3. The third kappa shape index (κ3) is 4.14. The molecule has 0 bridgehead atoms. The van der Waals surface area contributed by atoms with Crippen LogP contribution in [0.3, 0.4) is 0 Å². The number of nitrogen functional groups attached to an aromatic ring is 1. The lowest BCUT2D eigenvalue weighted by Gasteiger charge is -2.20. The quantitative estimate of drug-likeness (QED) is 0.218. The molecule has 0 aromatic carbocycles. The molecular formula is C14H17ClN7O8P. The van der Waals surface area contributed by atoms with Crippen molar-refractivity contribution in [1.29, 1.82) is 0 Å². The summed E-state index contributed by atoms with van der Waals surface area (Å²) >= 11 is 5.83. The van der Waals surface area contributed by atoms with Gasteiger partial charge in [-0.2, -0.15) is 9.97 Å². The predicted molar refractivity (Wildman–Crippen MR) is 100 cm³/mol. The van der Waals surface area contributed by atoms with Gasteiger partial charge in [-0.3, -0.25) is 9.13 Å². The number of anilines is 1. The summed E-state index contributed by atoms with van der Waals surface area (Å²) in [6.07, 6.45) is -4.00. The minimum absolute atomic E-state index is 0.0148. The fourth-order valence-corrected chi connectivity index (χ4v) is 3.95. The lowest BCUT2D eigenvalue weighted by molar-refractivity contribution is -0.0756. The SMILES string of the molecule is Cc1nnc(C(OC[C@H]2O[C@@H](n3cnc4c(N)nc(Cl)nc43)[C@@H](O)[C@H]2O)P(=O)(O)O)o1. The van der Waals surface area contributed by atoms with E-state index in [1.165, 1.54) is 17.8 Å². The molecule has 0 aliphatic carbocycles. The van der Waals surface area contributed by atoms with Crippen LogP contribution in [-0.4, -0.2) is 74.6 Å². The van der Waals surface area contributed by atoms with Gasteiger partial charge < -0.3 is 39.6 Å². The summed E-state index contributed by atoms with van der Waals surface area (Å²) in [5.74, 6) is -2.21. The van der Waals surface area contributed by atoms with Crippen LogP contribution >= 0.6 is 19.2 Å². The van der Waals surface area contributed by atoms with Gasteiger partial charge in [0.05, 0.1) is 12.9 Å². The Morgan fingerprint density at radius 2 is 2.06 bits per heavy atom. The van der Waals surface area contributed by atoms with Crippen LogP contribution in [0.25, 0.3) is 11.2 Å². The first-order valence-electron chi connectivity index (χ1n) is 8.70. The van der Waals surface area contributed by atoms with Crippen molar-refractivity contribution in [2.75, 3.05) is 12.3 Å². The second-order valence-corrected chi connectivity index (χ2v) is 8.67. The molecule has 1 aliphatic rings. The minimum atomic E-state index is -4.86. The van der Waals surface area contributed by atoms with E-state index in [-0.39, 0.29) is 28.2 Å². The Bertz CT molecular complexity index is 1150. The molecule has 3 aromatic heterocycles. The zero-order valence-electron chi connectivity index (χ0n) is 15.7. The first kappa shape index (κ1) is 22.0. The van der Waals surface area contributed by atoms with Gasteiger partial charge in [-0.15, -0.1) is 10.2 Å². The van der Waals surface area contributed by atoms with Gasteiger partial charge in [-0.25, -0.2) is 4.98 Å². The molecule has 31 heavy (non-hydrogen) atoms. The summed E-state index contributed by atoms with van der Waals surface area (Å²) in [6.45, 7) is 0.923. The molecule has 15 nitrogen and oxygen atoms in total. The average Bonchev–Trinajstić information content (AvgIpc) is 3.35. The van der Waals surface area contributed by atoms with Crippen LogP contribution in [0.1, 0.15) is 23.9 Å². The fourth-order valence-electron chi connectivity index (χ4n) is 3.10. The number of rotatable bonds is 6. The third-order valence-corrected chi connectivity index (χ3v) is 5.66. The summed E-state index contributed by atoms with van der Waals surface area (Å²) in [5, 5.41) is 27.8. The molecule has 168 valence electrons. The van der Waals surface area contributed by atoms with Crippen LogP contribution in [0.2, 0.25) is 5.28 Å². The molecular weight excluding hydrogens is 461 g/mol. The first-order chi connectivity index (χ1) is 14.6. The van der Waals surface area contributed by atoms with E-state index in [9.17, 15) is 24.6 Å². The Morgan fingerprint density at radius 1 is 1.32 bits per heavy atom. The van der Waals surface area contributed by atoms with Gasteiger partial charge in [0.2, 0.25) is 17.0 Å². The largest absolute Gasteiger partial charge is 0.422 e. The van der Waals surface area contributed by atoms with Gasteiger partial charge in [-0.1, -0.05) is 0 Å². The second-order valence-electron chi connectivity index (χ2n) is 6.68. The van der Waals surface area contributed by atoms with Crippen molar-refractivity contribution in [3.63, 3.8) is 0 Å². The fraction of sp³-hybridized carbons (Fsp3) is 0.500. The number of hydrogen-bond donors (Lipinski definition) is 5. The molecule has 0 spiro atoms. The van der Waals surface area contributed by atoms with Gasteiger partial charge >= 0.3 is 7.60 Å². The van der Waals surface area contributed by atoms with Crippen molar-refractivity contribution in [2.45, 2.75) is 37.3 Å². The van der Waals surface area contributed by atoms with Gasteiger partial charge in [-0.05, 0) is 11.6 Å². The highest BCUT2D eigenvalue weighted by Crippen LogP contribution is 2.52. The molecule has 1 saturated heterocycles. The normalized spacial score (nSPS) is 25.4. The summed E-state index contributed by atoms with van der Waals surface area (Å²) in [4.78, 5) is 31.0. The number of aliphatic hydroxyl groups excluding tert-OH is 2. The molecule has 3 aromatic rings. The van der Waals surface area contributed by atoms with Crippen LogP contribution in [0.15, 0.2) is 10.7 Å². The number of nitrogens with zero attached hydrogens (tertiary/aromatic N) is 6. The highest BCUT2D eigenvalue weighted by atomic mass is 35.5. The highest BCUT2D eigenvalue weighted by molar-refractivity contribution is 7.51. The van der Waals surface area contributed by atoms with Crippen LogP contribution in [0.4, 0.5) is 5.82 Å². The number of halogens is 1. The summed E-state index contributed by atoms with van der Waals surface area (Å²) in [7, 11) is -4.86. The predicted octanol–water partition coefficient (Wildman–Crippen LogP) is -0.734. The Kier molecular flexibility index (Phi) is 5.70. The number of hydrogen-bond acceptors (Lipinski definition) is 12. The number of aromatic nitrogens is 6.